The summed E-state index contributed by atoms with van der Waals surface area (Å²) in [4.78, 5) is 32.2. The number of rotatable bonds is 6. The molecule has 4 rings (SSSR count). The third-order valence-electron chi connectivity index (χ3n) is 8.29. The molecule has 0 spiro atoms. The summed E-state index contributed by atoms with van der Waals surface area (Å²) in [5, 5.41) is 10.0. The normalized spacial score (nSPS) is 22.8. The lowest BCUT2D eigenvalue weighted by Crippen LogP contribution is -2.59. The minimum Gasteiger partial charge on any atom is -0.480 e. The molecule has 2 aliphatic heterocycles. The Balaban J connectivity index is 0.00000280. The summed E-state index contributed by atoms with van der Waals surface area (Å²) >= 11 is 0. The van der Waals surface area contributed by atoms with E-state index in [9.17, 15) is 23.5 Å². The second-order valence-corrected chi connectivity index (χ2v) is 11.8. The Kier molecular flexibility index (Phi) is 11.5. The maximum absolute atomic E-state index is 14.9. The van der Waals surface area contributed by atoms with Crippen molar-refractivity contribution in [2.24, 2.45) is 5.92 Å². The number of aryl methyl sites for hydroxylation is 1. The summed E-state index contributed by atoms with van der Waals surface area (Å²) in [7, 11) is 0. The molecule has 6 nitrogen and oxygen atoms in total. The quantitative estimate of drug-likeness (QED) is 0.497. The number of carbonyl (C=O) groups excluding carboxylic acids is 1. The Morgan fingerprint density at radius 3 is 2.27 bits per heavy atom. The van der Waals surface area contributed by atoms with Crippen LogP contribution >= 0.6 is 24.8 Å². The molecule has 2 aromatic carbocycles. The number of likely N-dealkylation sites (tertiary alicyclic amines) is 1. The highest BCUT2D eigenvalue weighted by Gasteiger charge is 2.46. The van der Waals surface area contributed by atoms with Gasteiger partial charge in [0.1, 0.15) is 17.7 Å². The standard InChI is InChI=1S/C30H39F2N3O3.2ClH/c1-19-8-6-7-9-21(19)14-27(29(37)38)33-12-13-35(20(2)16-33)28(36)25-18-34(30(3,4)5)17-24(25)23-11-10-22(31)15-26(23)32;;/h6-11,15,20,24-25,27H,12-14,16-18H2,1-5H3,(H,37,38);2*1H/t20-,24-,25+,27-;;/m0../s1. The van der Waals surface area contributed by atoms with Crippen LogP contribution < -0.4 is 0 Å². The van der Waals surface area contributed by atoms with Gasteiger partial charge < -0.3 is 10.0 Å². The van der Waals surface area contributed by atoms with Gasteiger partial charge in [-0.05, 0) is 63.8 Å². The number of benzene rings is 2. The van der Waals surface area contributed by atoms with Crippen molar-refractivity contribution in [3.05, 3.63) is 70.8 Å². The van der Waals surface area contributed by atoms with Crippen molar-refractivity contribution in [1.29, 1.82) is 0 Å². The number of carbonyl (C=O) groups is 2. The van der Waals surface area contributed by atoms with Gasteiger partial charge in [0.2, 0.25) is 5.91 Å². The lowest BCUT2D eigenvalue weighted by molar-refractivity contribution is -0.147. The van der Waals surface area contributed by atoms with E-state index in [-0.39, 0.29) is 48.2 Å². The van der Waals surface area contributed by atoms with E-state index < -0.39 is 29.6 Å². The minimum absolute atomic E-state index is 0. The monoisotopic (exact) mass is 599 g/mol. The van der Waals surface area contributed by atoms with Crippen LogP contribution in [0.15, 0.2) is 42.5 Å². The van der Waals surface area contributed by atoms with Crippen LogP contribution in [-0.4, -0.2) is 82.0 Å². The zero-order valence-electron chi connectivity index (χ0n) is 23.8. The molecule has 0 bridgehead atoms. The summed E-state index contributed by atoms with van der Waals surface area (Å²) in [5.74, 6) is -3.04. The van der Waals surface area contributed by atoms with Crippen molar-refractivity contribution in [1.82, 2.24) is 14.7 Å². The first-order valence-corrected chi connectivity index (χ1v) is 13.4. The fourth-order valence-electron chi connectivity index (χ4n) is 5.95. The van der Waals surface area contributed by atoms with Gasteiger partial charge in [-0.15, -0.1) is 24.8 Å². The Labute approximate surface area is 248 Å². The molecule has 2 saturated heterocycles. The van der Waals surface area contributed by atoms with Crippen molar-refractivity contribution < 1.29 is 23.5 Å². The van der Waals surface area contributed by atoms with Gasteiger partial charge in [0.05, 0.1) is 5.92 Å². The van der Waals surface area contributed by atoms with Crippen LogP contribution in [0.25, 0.3) is 0 Å². The zero-order valence-corrected chi connectivity index (χ0v) is 25.4. The predicted molar refractivity (Wildman–Crippen MR) is 157 cm³/mol. The molecule has 2 aliphatic rings. The zero-order chi connectivity index (χ0) is 27.8. The van der Waals surface area contributed by atoms with Gasteiger partial charge in [0, 0.05) is 56.3 Å². The fourth-order valence-corrected chi connectivity index (χ4v) is 5.95. The lowest BCUT2D eigenvalue weighted by atomic mass is 9.87. The Morgan fingerprint density at radius 2 is 1.70 bits per heavy atom. The SMILES string of the molecule is Cc1ccccc1C[C@@H](C(=O)O)N1CCN(C(=O)[C@@H]2CN(C(C)(C)C)C[C@H]2c2ccc(F)cc2F)[C@@H](C)C1.Cl.Cl. The maximum Gasteiger partial charge on any atom is 0.321 e. The average Bonchev–Trinajstić information content (AvgIpc) is 3.29. The van der Waals surface area contributed by atoms with Gasteiger partial charge in [0.25, 0.3) is 0 Å². The van der Waals surface area contributed by atoms with E-state index in [4.69, 9.17) is 0 Å². The van der Waals surface area contributed by atoms with Gasteiger partial charge in [0.15, 0.2) is 0 Å². The maximum atomic E-state index is 14.9. The molecule has 0 unspecified atom stereocenters. The summed E-state index contributed by atoms with van der Waals surface area (Å²) in [6.07, 6.45) is 0.401. The van der Waals surface area contributed by atoms with Crippen LogP contribution in [0.4, 0.5) is 8.78 Å². The lowest BCUT2D eigenvalue weighted by Gasteiger charge is -2.43. The fraction of sp³-hybridized carbons (Fsp3) is 0.533. The highest BCUT2D eigenvalue weighted by Crippen LogP contribution is 2.39. The van der Waals surface area contributed by atoms with Crippen molar-refractivity contribution in [2.45, 2.75) is 64.6 Å². The number of halogens is 4. The highest BCUT2D eigenvalue weighted by molar-refractivity contribution is 5.85. The van der Waals surface area contributed by atoms with Crippen LogP contribution in [0.3, 0.4) is 0 Å². The van der Waals surface area contributed by atoms with E-state index in [2.05, 4.69) is 25.7 Å². The molecule has 10 heteroatoms. The van der Waals surface area contributed by atoms with Crippen LogP contribution in [0.5, 0.6) is 0 Å². The molecule has 0 saturated carbocycles. The van der Waals surface area contributed by atoms with Crippen molar-refractivity contribution in [2.75, 3.05) is 32.7 Å². The summed E-state index contributed by atoms with van der Waals surface area (Å²) in [6, 6.07) is 10.5. The van der Waals surface area contributed by atoms with E-state index in [0.717, 1.165) is 17.2 Å². The molecule has 2 heterocycles. The van der Waals surface area contributed by atoms with Crippen LogP contribution in [0, 0.1) is 24.5 Å². The van der Waals surface area contributed by atoms with Crippen molar-refractivity contribution >= 4 is 36.7 Å². The van der Waals surface area contributed by atoms with E-state index in [0.29, 0.717) is 44.7 Å². The van der Waals surface area contributed by atoms with E-state index in [1.807, 2.05) is 47.9 Å². The number of hydrogen-bond acceptors (Lipinski definition) is 4. The van der Waals surface area contributed by atoms with Gasteiger partial charge in [-0.25, -0.2) is 8.78 Å². The first-order valence-electron chi connectivity index (χ1n) is 13.4. The molecule has 40 heavy (non-hydrogen) atoms. The van der Waals surface area contributed by atoms with Gasteiger partial charge in [-0.2, -0.15) is 0 Å². The molecular weight excluding hydrogens is 559 g/mol. The minimum atomic E-state index is -0.872. The number of carboxylic acid groups (broad SMARTS) is 1. The number of carboxylic acids is 1. The van der Waals surface area contributed by atoms with Gasteiger partial charge in [-0.3, -0.25) is 19.4 Å². The summed E-state index contributed by atoms with van der Waals surface area (Å²) < 4.78 is 28.5. The Hall–Kier alpha value is -2.26. The number of hydrogen-bond donors (Lipinski definition) is 1. The summed E-state index contributed by atoms with van der Waals surface area (Å²) in [5.41, 5.74) is 2.22. The molecular formula is C30H41Cl2F2N3O3. The topological polar surface area (TPSA) is 64.1 Å². The number of amides is 1. The predicted octanol–water partition coefficient (Wildman–Crippen LogP) is 5.16. The summed E-state index contributed by atoms with van der Waals surface area (Å²) in [6.45, 7) is 12.4. The Bertz CT molecular complexity index is 1190. The molecule has 4 atom stereocenters. The second kappa shape index (κ2) is 13.6. The number of piperazine rings is 1. The molecule has 0 radical (unpaired) electrons. The molecule has 0 aliphatic carbocycles. The van der Waals surface area contributed by atoms with Gasteiger partial charge in [-0.1, -0.05) is 30.3 Å². The van der Waals surface area contributed by atoms with Crippen LogP contribution in [0.2, 0.25) is 0 Å². The number of aliphatic carboxylic acids is 1. The van der Waals surface area contributed by atoms with E-state index in [1.54, 1.807) is 0 Å². The van der Waals surface area contributed by atoms with Crippen LogP contribution in [-0.2, 0) is 16.0 Å². The van der Waals surface area contributed by atoms with E-state index in [1.165, 1.54) is 12.1 Å². The van der Waals surface area contributed by atoms with Crippen molar-refractivity contribution in [3.8, 4) is 0 Å². The first-order chi connectivity index (χ1) is 17.9. The average molecular weight is 601 g/mol. The van der Waals surface area contributed by atoms with Crippen LogP contribution in [0.1, 0.15) is 50.3 Å². The molecule has 0 aromatic heterocycles. The second-order valence-electron chi connectivity index (χ2n) is 11.8. The Morgan fingerprint density at radius 1 is 1.02 bits per heavy atom. The first kappa shape index (κ1) is 33.9. The molecule has 1 N–H and O–H groups in total. The smallest absolute Gasteiger partial charge is 0.321 e. The third kappa shape index (κ3) is 7.32. The molecule has 1 amide bonds. The molecule has 222 valence electrons. The molecule has 2 aromatic rings. The van der Waals surface area contributed by atoms with Crippen molar-refractivity contribution in [3.63, 3.8) is 0 Å². The largest absolute Gasteiger partial charge is 0.480 e. The highest BCUT2D eigenvalue weighted by atomic mass is 35.5. The third-order valence-corrected chi connectivity index (χ3v) is 8.29. The van der Waals surface area contributed by atoms with Gasteiger partial charge >= 0.3 is 5.97 Å². The number of nitrogens with zero attached hydrogens (tertiary/aromatic N) is 3. The van der Waals surface area contributed by atoms with E-state index >= 15 is 0 Å². The molecule has 2 fully saturated rings.